The minimum atomic E-state index is -0.897. The van der Waals surface area contributed by atoms with Crippen LogP contribution in [0.15, 0.2) is 24.3 Å². The molecule has 1 aromatic rings. The minimum Gasteiger partial charge on any atom is -0.480 e. The highest BCUT2D eigenvalue weighted by Gasteiger charge is 2.47. The van der Waals surface area contributed by atoms with Crippen molar-refractivity contribution in [2.24, 2.45) is 0 Å². The van der Waals surface area contributed by atoms with Gasteiger partial charge in [0.05, 0.1) is 13.2 Å². The molecule has 1 N–H and O–H groups in total. The second-order valence-corrected chi connectivity index (χ2v) is 5.55. The largest absolute Gasteiger partial charge is 0.480 e. The van der Waals surface area contributed by atoms with Crippen LogP contribution < -0.4 is 0 Å². The summed E-state index contributed by atoms with van der Waals surface area (Å²) in [5.74, 6) is -0.796. The fourth-order valence-electron chi connectivity index (χ4n) is 3.08. The molecule has 0 bridgehead atoms. The number of ether oxygens (including phenoxy) is 2. The number of methoxy groups -OCH3 is 2. The molecule has 116 valence electrons. The highest BCUT2D eigenvalue weighted by molar-refractivity contribution is 5.79. The summed E-state index contributed by atoms with van der Waals surface area (Å²) >= 11 is 0. The number of carboxylic acids is 1. The Kier molecular flexibility index (Phi) is 5.33. The molecule has 1 fully saturated rings. The van der Waals surface area contributed by atoms with Crippen molar-refractivity contribution in [2.45, 2.75) is 31.5 Å². The molecule has 0 radical (unpaired) electrons. The molecule has 0 saturated carbocycles. The number of carboxylic acid groups (broad SMARTS) is 1. The third-order valence-electron chi connectivity index (χ3n) is 4.08. The molecule has 2 rings (SSSR count). The third kappa shape index (κ3) is 3.43. The predicted octanol–water partition coefficient (Wildman–Crippen LogP) is 1.90. The summed E-state index contributed by atoms with van der Waals surface area (Å²) in [5, 5.41) is 9.64. The van der Waals surface area contributed by atoms with Gasteiger partial charge in [-0.3, -0.25) is 9.69 Å². The van der Waals surface area contributed by atoms with Gasteiger partial charge in [-0.05, 0) is 30.5 Å². The standard InChI is InChI=1S/C16H23NO4/c1-20-11-14-6-3-5-13(9-14)10-17-8-4-7-16(17,12-21-2)15(18)19/h3,5-6,9H,4,7-8,10-12H2,1-2H3,(H,18,19). The van der Waals surface area contributed by atoms with E-state index in [2.05, 4.69) is 6.07 Å². The minimum absolute atomic E-state index is 0.222. The number of nitrogens with zero attached hydrogens (tertiary/aromatic N) is 1. The first kappa shape index (κ1) is 15.9. The van der Waals surface area contributed by atoms with Gasteiger partial charge in [-0.2, -0.15) is 0 Å². The number of hydrogen-bond donors (Lipinski definition) is 1. The Bertz CT molecular complexity index is 491. The van der Waals surface area contributed by atoms with E-state index in [-0.39, 0.29) is 6.61 Å². The van der Waals surface area contributed by atoms with Crippen LogP contribution in [0.5, 0.6) is 0 Å². The SMILES string of the molecule is COCc1cccc(CN2CCCC2(COC)C(=O)O)c1. The van der Waals surface area contributed by atoms with Crippen molar-refractivity contribution in [2.75, 3.05) is 27.4 Å². The zero-order valence-electron chi connectivity index (χ0n) is 12.7. The molecule has 1 aromatic carbocycles. The van der Waals surface area contributed by atoms with Gasteiger partial charge in [-0.25, -0.2) is 0 Å². The first-order valence-electron chi connectivity index (χ1n) is 7.16. The van der Waals surface area contributed by atoms with Crippen LogP contribution in [0.4, 0.5) is 0 Å². The van der Waals surface area contributed by atoms with Gasteiger partial charge in [0.15, 0.2) is 0 Å². The average Bonchev–Trinajstić information content (AvgIpc) is 2.84. The zero-order chi connectivity index (χ0) is 15.3. The first-order valence-corrected chi connectivity index (χ1v) is 7.16. The molecule has 0 amide bonds. The van der Waals surface area contributed by atoms with Crippen molar-refractivity contribution in [3.63, 3.8) is 0 Å². The van der Waals surface area contributed by atoms with Crippen LogP contribution >= 0.6 is 0 Å². The predicted molar refractivity (Wildman–Crippen MR) is 79.0 cm³/mol. The Hall–Kier alpha value is -1.43. The smallest absolute Gasteiger partial charge is 0.326 e. The molecule has 1 unspecified atom stereocenters. The van der Waals surface area contributed by atoms with E-state index in [1.165, 1.54) is 0 Å². The molecule has 1 aliphatic rings. The van der Waals surface area contributed by atoms with Crippen molar-refractivity contribution in [1.29, 1.82) is 0 Å². The maximum Gasteiger partial charge on any atom is 0.326 e. The Morgan fingerprint density at radius 3 is 2.76 bits per heavy atom. The van der Waals surface area contributed by atoms with Gasteiger partial charge in [0.1, 0.15) is 5.54 Å². The number of carbonyl (C=O) groups is 1. The molecule has 0 aromatic heterocycles. The summed E-state index contributed by atoms with van der Waals surface area (Å²) in [5.41, 5.74) is 1.31. The van der Waals surface area contributed by atoms with Crippen molar-refractivity contribution in [1.82, 2.24) is 4.90 Å². The number of hydrogen-bond acceptors (Lipinski definition) is 4. The normalized spacial score (nSPS) is 22.6. The number of rotatable bonds is 7. The van der Waals surface area contributed by atoms with E-state index in [0.29, 0.717) is 19.6 Å². The molecular formula is C16H23NO4. The molecule has 1 atom stereocenters. The number of likely N-dealkylation sites (tertiary alicyclic amines) is 1. The van der Waals surface area contributed by atoms with Gasteiger partial charge < -0.3 is 14.6 Å². The third-order valence-corrected chi connectivity index (χ3v) is 4.08. The lowest BCUT2D eigenvalue weighted by Gasteiger charge is -2.34. The lowest BCUT2D eigenvalue weighted by atomic mass is 9.96. The topological polar surface area (TPSA) is 59.0 Å². The first-order chi connectivity index (χ1) is 10.1. The molecule has 5 heteroatoms. The molecule has 0 spiro atoms. The summed E-state index contributed by atoms with van der Waals surface area (Å²) in [6, 6.07) is 8.09. The van der Waals surface area contributed by atoms with Crippen LogP contribution in [0.1, 0.15) is 24.0 Å². The fourth-order valence-corrected chi connectivity index (χ4v) is 3.08. The van der Waals surface area contributed by atoms with E-state index in [4.69, 9.17) is 9.47 Å². The molecule has 1 saturated heterocycles. The van der Waals surface area contributed by atoms with Crippen LogP contribution in [0, 0.1) is 0 Å². The van der Waals surface area contributed by atoms with Gasteiger partial charge in [-0.15, -0.1) is 0 Å². The summed E-state index contributed by atoms with van der Waals surface area (Å²) in [6.07, 6.45) is 1.52. The van der Waals surface area contributed by atoms with Crippen molar-refractivity contribution >= 4 is 5.97 Å². The Labute approximate surface area is 125 Å². The highest BCUT2D eigenvalue weighted by atomic mass is 16.5. The Balaban J connectivity index is 2.17. The van der Waals surface area contributed by atoms with Gasteiger partial charge in [-0.1, -0.05) is 24.3 Å². The van der Waals surface area contributed by atoms with Gasteiger partial charge in [0.2, 0.25) is 0 Å². The van der Waals surface area contributed by atoms with E-state index in [1.54, 1.807) is 14.2 Å². The molecule has 0 aliphatic carbocycles. The maximum atomic E-state index is 11.7. The van der Waals surface area contributed by atoms with Crippen molar-refractivity contribution in [3.8, 4) is 0 Å². The quantitative estimate of drug-likeness (QED) is 0.832. The van der Waals surface area contributed by atoms with E-state index in [0.717, 1.165) is 24.1 Å². The van der Waals surface area contributed by atoms with Gasteiger partial charge in [0, 0.05) is 20.8 Å². The lowest BCUT2D eigenvalue weighted by Crippen LogP contribution is -2.53. The number of benzene rings is 1. The van der Waals surface area contributed by atoms with Crippen molar-refractivity contribution in [3.05, 3.63) is 35.4 Å². The molecule has 1 aliphatic heterocycles. The van der Waals surface area contributed by atoms with E-state index < -0.39 is 11.5 Å². The zero-order valence-corrected chi connectivity index (χ0v) is 12.7. The Morgan fingerprint density at radius 1 is 1.33 bits per heavy atom. The average molecular weight is 293 g/mol. The van der Waals surface area contributed by atoms with Crippen LogP contribution in [0.25, 0.3) is 0 Å². The maximum absolute atomic E-state index is 11.7. The fraction of sp³-hybridized carbons (Fsp3) is 0.562. The van der Waals surface area contributed by atoms with Gasteiger partial charge >= 0.3 is 5.97 Å². The number of aliphatic carboxylic acids is 1. The van der Waals surface area contributed by atoms with E-state index >= 15 is 0 Å². The van der Waals surface area contributed by atoms with Crippen LogP contribution in [0.2, 0.25) is 0 Å². The summed E-state index contributed by atoms with van der Waals surface area (Å²) in [7, 11) is 3.22. The second kappa shape index (κ2) is 7.02. The Morgan fingerprint density at radius 2 is 2.10 bits per heavy atom. The van der Waals surface area contributed by atoms with Crippen LogP contribution in [-0.2, 0) is 27.4 Å². The molecular weight excluding hydrogens is 270 g/mol. The molecule has 21 heavy (non-hydrogen) atoms. The van der Waals surface area contributed by atoms with Crippen molar-refractivity contribution < 1.29 is 19.4 Å². The van der Waals surface area contributed by atoms with Crippen LogP contribution in [0.3, 0.4) is 0 Å². The monoisotopic (exact) mass is 293 g/mol. The highest BCUT2D eigenvalue weighted by Crippen LogP contribution is 2.31. The molecule has 5 nitrogen and oxygen atoms in total. The van der Waals surface area contributed by atoms with E-state index in [9.17, 15) is 9.90 Å². The summed E-state index contributed by atoms with van der Waals surface area (Å²) < 4.78 is 10.3. The molecule has 1 heterocycles. The van der Waals surface area contributed by atoms with Gasteiger partial charge in [0.25, 0.3) is 0 Å². The second-order valence-electron chi connectivity index (χ2n) is 5.55. The lowest BCUT2D eigenvalue weighted by molar-refractivity contribution is -0.153. The van der Waals surface area contributed by atoms with E-state index in [1.807, 2.05) is 23.1 Å². The van der Waals surface area contributed by atoms with Crippen LogP contribution in [-0.4, -0.2) is 48.9 Å². The summed E-state index contributed by atoms with van der Waals surface area (Å²) in [4.78, 5) is 13.8. The summed E-state index contributed by atoms with van der Waals surface area (Å²) in [6.45, 7) is 2.19.